The Labute approximate surface area is 99.0 Å². The maximum Gasteiger partial charge on any atom is 0.417 e. The number of nitrogens with two attached hydrogens (primary N) is 1. The van der Waals surface area contributed by atoms with Crippen molar-refractivity contribution in [3.63, 3.8) is 0 Å². The van der Waals surface area contributed by atoms with Crippen molar-refractivity contribution in [2.75, 3.05) is 5.73 Å². The van der Waals surface area contributed by atoms with Crippen molar-refractivity contribution >= 4 is 17.3 Å². The van der Waals surface area contributed by atoms with Gasteiger partial charge in [-0.1, -0.05) is 16.8 Å². The van der Waals surface area contributed by atoms with Crippen LogP contribution in [0.3, 0.4) is 0 Å². The van der Waals surface area contributed by atoms with Crippen LogP contribution in [-0.2, 0) is 6.18 Å². The summed E-state index contributed by atoms with van der Waals surface area (Å²) >= 11 is 5.48. The predicted octanol–water partition coefficient (Wildman–Crippen LogP) is 3.60. The van der Waals surface area contributed by atoms with Gasteiger partial charge in [0.05, 0.1) is 16.8 Å². The second-order valence-electron chi connectivity index (χ2n) is 3.30. The molecule has 0 aliphatic carbocycles. The number of nitrogens with zero attached hydrogens (tertiary/aromatic N) is 1. The van der Waals surface area contributed by atoms with Gasteiger partial charge in [-0.25, -0.2) is 0 Å². The van der Waals surface area contributed by atoms with E-state index in [0.717, 1.165) is 12.1 Å². The second-order valence-corrected chi connectivity index (χ2v) is 3.71. The van der Waals surface area contributed by atoms with Crippen LogP contribution in [0.4, 0.5) is 18.9 Å². The van der Waals surface area contributed by atoms with Crippen molar-refractivity contribution in [1.82, 2.24) is 5.16 Å². The van der Waals surface area contributed by atoms with Crippen LogP contribution in [0.2, 0.25) is 5.02 Å². The van der Waals surface area contributed by atoms with Crippen LogP contribution in [-0.4, -0.2) is 5.16 Å². The number of anilines is 1. The molecule has 2 aromatic rings. The third-order valence-electron chi connectivity index (χ3n) is 2.13. The van der Waals surface area contributed by atoms with E-state index in [0.29, 0.717) is 0 Å². The number of hydrogen-bond donors (Lipinski definition) is 1. The van der Waals surface area contributed by atoms with Crippen LogP contribution in [0.5, 0.6) is 0 Å². The minimum Gasteiger partial charge on any atom is -0.394 e. The molecule has 0 saturated carbocycles. The number of rotatable bonds is 1. The number of nitrogen functional groups attached to an aromatic ring is 1. The normalized spacial score (nSPS) is 11.8. The Balaban J connectivity index is 2.56. The third-order valence-corrected chi connectivity index (χ3v) is 2.46. The molecule has 0 unspecified atom stereocenters. The first-order valence-corrected chi connectivity index (χ1v) is 4.84. The molecule has 0 bridgehead atoms. The zero-order valence-corrected chi connectivity index (χ0v) is 9.01. The molecule has 0 saturated heterocycles. The van der Waals surface area contributed by atoms with Crippen molar-refractivity contribution in [2.24, 2.45) is 0 Å². The Morgan fingerprint density at radius 3 is 2.53 bits per heavy atom. The lowest BCUT2D eigenvalue weighted by molar-refractivity contribution is -0.137. The van der Waals surface area contributed by atoms with E-state index >= 15 is 0 Å². The summed E-state index contributed by atoms with van der Waals surface area (Å²) in [6.07, 6.45) is -3.31. The Kier molecular flexibility index (Phi) is 2.74. The lowest BCUT2D eigenvalue weighted by Crippen LogP contribution is -2.06. The van der Waals surface area contributed by atoms with Gasteiger partial charge in [0, 0.05) is 5.56 Å². The number of benzene rings is 1. The van der Waals surface area contributed by atoms with Crippen molar-refractivity contribution < 1.29 is 17.7 Å². The first kappa shape index (κ1) is 11.8. The van der Waals surface area contributed by atoms with Crippen LogP contribution in [0.25, 0.3) is 11.3 Å². The van der Waals surface area contributed by atoms with E-state index in [2.05, 4.69) is 5.16 Å². The molecule has 3 nitrogen and oxygen atoms in total. The van der Waals surface area contributed by atoms with E-state index in [1.54, 1.807) is 0 Å². The maximum absolute atomic E-state index is 12.6. The summed E-state index contributed by atoms with van der Waals surface area (Å²) in [4.78, 5) is 0. The number of halogens is 4. The van der Waals surface area contributed by atoms with Crippen LogP contribution in [0, 0.1) is 0 Å². The Morgan fingerprint density at radius 2 is 2.00 bits per heavy atom. The average molecular weight is 263 g/mol. The summed E-state index contributed by atoms with van der Waals surface area (Å²) in [5.74, 6) is 0.0900. The van der Waals surface area contributed by atoms with E-state index in [-0.39, 0.29) is 22.0 Å². The highest BCUT2D eigenvalue weighted by molar-refractivity contribution is 6.31. The van der Waals surface area contributed by atoms with Crippen molar-refractivity contribution in [3.05, 3.63) is 35.0 Å². The molecular weight excluding hydrogens is 257 g/mol. The molecule has 17 heavy (non-hydrogen) atoms. The van der Waals surface area contributed by atoms with Crippen molar-refractivity contribution in [3.8, 4) is 11.3 Å². The standard InChI is InChI=1S/C10H6ClF3N2O/c11-7-2-1-5(3-6(7)10(12,13)14)9-8(15)4-16-17-9/h1-4H,15H2. The molecule has 90 valence electrons. The van der Waals surface area contributed by atoms with Crippen LogP contribution in [0.15, 0.2) is 28.9 Å². The molecular formula is C10H6ClF3N2O. The molecule has 0 aliphatic heterocycles. The maximum atomic E-state index is 12.6. The van der Waals surface area contributed by atoms with Gasteiger partial charge in [0.25, 0.3) is 0 Å². The van der Waals surface area contributed by atoms with Crippen LogP contribution >= 0.6 is 11.6 Å². The smallest absolute Gasteiger partial charge is 0.394 e. The van der Waals surface area contributed by atoms with Gasteiger partial charge >= 0.3 is 6.18 Å². The van der Waals surface area contributed by atoms with Crippen LogP contribution in [0.1, 0.15) is 5.56 Å². The zero-order chi connectivity index (χ0) is 12.6. The molecule has 7 heteroatoms. The number of aromatic nitrogens is 1. The highest BCUT2D eigenvalue weighted by atomic mass is 35.5. The van der Waals surface area contributed by atoms with Crippen molar-refractivity contribution in [2.45, 2.75) is 6.18 Å². The molecule has 1 aromatic carbocycles. The molecule has 0 fully saturated rings. The van der Waals surface area contributed by atoms with Crippen molar-refractivity contribution in [1.29, 1.82) is 0 Å². The lowest BCUT2D eigenvalue weighted by Gasteiger charge is -2.09. The monoisotopic (exact) mass is 262 g/mol. The van der Waals surface area contributed by atoms with Gasteiger partial charge in [-0.3, -0.25) is 0 Å². The SMILES string of the molecule is Nc1cnoc1-c1ccc(Cl)c(C(F)(F)F)c1. The van der Waals surface area contributed by atoms with E-state index in [9.17, 15) is 13.2 Å². The van der Waals surface area contributed by atoms with E-state index in [1.165, 1.54) is 12.3 Å². The minimum atomic E-state index is -4.53. The topological polar surface area (TPSA) is 52.0 Å². The molecule has 0 spiro atoms. The minimum absolute atomic E-state index is 0.0900. The highest BCUT2D eigenvalue weighted by Gasteiger charge is 2.33. The van der Waals surface area contributed by atoms with E-state index in [1.807, 2.05) is 0 Å². The van der Waals surface area contributed by atoms with Gasteiger partial charge < -0.3 is 10.3 Å². The molecule has 2 N–H and O–H groups in total. The summed E-state index contributed by atoms with van der Waals surface area (Å²) in [6, 6.07) is 3.40. The molecule has 0 amide bonds. The summed E-state index contributed by atoms with van der Waals surface area (Å²) in [5.41, 5.74) is 4.91. The average Bonchev–Trinajstić information content (AvgIpc) is 2.63. The van der Waals surface area contributed by atoms with Gasteiger partial charge in [0.1, 0.15) is 5.69 Å². The lowest BCUT2D eigenvalue weighted by atomic mass is 10.1. The highest BCUT2D eigenvalue weighted by Crippen LogP contribution is 2.38. The quantitative estimate of drug-likeness (QED) is 0.854. The molecule has 0 aliphatic rings. The fourth-order valence-electron chi connectivity index (χ4n) is 1.35. The number of hydrogen-bond acceptors (Lipinski definition) is 3. The molecule has 0 atom stereocenters. The van der Waals surface area contributed by atoms with E-state index in [4.69, 9.17) is 21.9 Å². The molecule has 2 rings (SSSR count). The molecule has 1 heterocycles. The summed E-state index contributed by atoms with van der Waals surface area (Å²) < 4.78 is 42.6. The Morgan fingerprint density at radius 1 is 1.29 bits per heavy atom. The molecule has 0 radical (unpaired) electrons. The van der Waals surface area contributed by atoms with E-state index < -0.39 is 11.7 Å². The Bertz CT molecular complexity index is 551. The summed E-state index contributed by atoms with van der Waals surface area (Å²) in [7, 11) is 0. The van der Waals surface area contributed by atoms with Crippen LogP contribution < -0.4 is 5.73 Å². The number of alkyl halides is 3. The van der Waals surface area contributed by atoms with Gasteiger partial charge in [-0.15, -0.1) is 0 Å². The van der Waals surface area contributed by atoms with Gasteiger partial charge in [-0.05, 0) is 18.2 Å². The summed E-state index contributed by atoms with van der Waals surface area (Å²) in [5, 5.41) is 3.02. The fraction of sp³-hybridized carbons (Fsp3) is 0.100. The largest absolute Gasteiger partial charge is 0.417 e. The second kappa shape index (κ2) is 3.96. The Hall–Kier alpha value is -1.69. The predicted molar refractivity (Wildman–Crippen MR) is 56.4 cm³/mol. The van der Waals surface area contributed by atoms with Gasteiger partial charge in [0.15, 0.2) is 5.76 Å². The third kappa shape index (κ3) is 2.21. The fourth-order valence-corrected chi connectivity index (χ4v) is 1.57. The first-order valence-electron chi connectivity index (χ1n) is 4.47. The molecule has 1 aromatic heterocycles. The summed E-state index contributed by atoms with van der Waals surface area (Å²) in [6.45, 7) is 0. The van der Waals surface area contributed by atoms with Gasteiger partial charge in [0.2, 0.25) is 0 Å². The van der Waals surface area contributed by atoms with Gasteiger partial charge in [-0.2, -0.15) is 13.2 Å². The first-order chi connectivity index (χ1) is 7.89. The zero-order valence-electron chi connectivity index (χ0n) is 8.25.